The molecule has 1 aliphatic heterocycles. The summed E-state index contributed by atoms with van der Waals surface area (Å²) in [5.41, 5.74) is 2.89. The Hall–Kier alpha value is -2.57. The second-order valence-corrected chi connectivity index (χ2v) is 7.44. The molecule has 138 valence electrons. The number of carbonyl (C=O) groups excluding carboxylic acids is 2. The Morgan fingerprint density at radius 2 is 2.00 bits per heavy atom. The first-order valence-electron chi connectivity index (χ1n) is 8.19. The maximum Gasteiger partial charge on any atom is 0.286 e. The summed E-state index contributed by atoms with van der Waals surface area (Å²) in [7, 11) is 0. The third kappa shape index (κ3) is 5.21. The molecule has 0 aromatic heterocycles. The van der Waals surface area contributed by atoms with Crippen molar-refractivity contribution in [1.29, 1.82) is 0 Å². The molecule has 0 bridgehead atoms. The molecule has 1 aliphatic rings. The van der Waals surface area contributed by atoms with Crippen LogP contribution in [0.4, 0.5) is 0 Å². The number of benzene rings is 2. The van der Waals surface area contributed by atoms with E-state index >= 15 is 0 Å². The molecule has 0 saturated heterocycles. The number of nitrogens with one attached hydrogen (secondary N) is 1. The van der Waals surface area contributed by atoms with Crippen LogP contribution in [0.5, 0.6) is 5.75 Å². The summed E-state index contributed by atoms with van der Waals surface area (Å²) in [5, 5.41) is 3.32. The number of thioether (sulfide) groups is 1. The van der Waals surface area contributed by atoms with Gasteiger partial charge in [-0.2, -0.15) is 4.99 Å². The van der Waals surface area contributed by atoms with Crippen LogP contribution in [0.2, 0.25) is 5.02 Å². The molecule has 2 aromatic rings. The maximum absolute atomic E-state index is 12.1. The van der Waals surface area contributed by atoms with Gasteiger partial charge in [-0.05, 0) is 48.5 Å². The molecule has 1 N–H and O–H groups in total. The highest BCUT2D eigenvalue weighted by Gasteiger charge is 2.23. The predicted octanol–water partition coefficient (Wildman–Crippen LogP) is 4.33. The number of nitrogens with zero attached hydrogens (tertiary/aromatic N) is 1. The molecule has 0 fully saturated rings. The van der Waals surface area contributed by atoms with E-state index < -0.39 is 5.91 Å². The zero-order valence-corrected chi connectivity index (χ0v) is 16.4. The van der Waals surface area contributed by atoms with Crippen LogP contribution < -0.4 is 10.1 Å². The Bertz CT molecular complexity index is 952. The molecule has 27 heavy (non-hydrogen) atoms. The van der Waals surface area contributed by atoms with E-state index in [1.54, 1.807) is 24.3 Å². The average molecular weight is 401 g/mol. The van der Waals surface area contributed by atoms with Crippen LogP contribution in [0.3, 0.4) is 0 Å². The quantitative estimate of drug-likeness (QED) is 0.775. The Morgan fingerprint density at radius 1 is 1.26 bits per heavy atom. The largest absolute Gasteiger partial charge is 0.488 e. The number of carbonyl (C=O) groups is 2. The first-order valence-corrected chi connectivity index (χ1v) is 9.38. The van der Waals surface area contributed by atoms with Gasteiger partial charge in [0.25, 0.3) is 5.91 Å². The summed E-state index contributed by atoms with van der Waals surface area (Å²) in [4.78, 5) is 27.4. The zero-order chi connectivity index (χ0) is 19.4. The van der Waals surface area contributed by atoms with Crippen LogP contribution in [-0.2, 0) is 16.2 Å². The number of hydrogen-bond donors (Lipinski definition) is 1. The Morgan fingerprint density at radius 3 is 2.70 bits per heavy atom. The summed E-state index contributed by atoms with van der Waals surface area (Å²) < 4.78 is 5.92. The molecule has 0 atom stereocenters. The highest BCUT2D eigenvalue weighted by molar-refractivity contribution is 8.18. The van der Waals surface area contributed by atoms with E-state index in [9.17, 15) is 9.59 Å². The molecule has 0 radical (unpaired) electrons. The van der Waals surface area contributed by atoms with Crippen LogP contribution in [0.1, 0.15) is 23.6 Å². The maximum atomic E-state index is 12.1. The van der Waals surface area contributed by atoms with E-state index in [4.69, 9.17) is 16.3 Å². The molecule has 2 amide bonds. The van der Waals surface area contributed by atoms with Gasteiger partial charge in [0.15, 0.2) is 5.17 Å². The van der Waals surface area contributed by atoms with Gasteiger partial charge in [-0.15, -0.1) is 0 Å². The number of aliphatic imine (C=N–C) groups is 1. The number of aryl methyl sites for hydroxylation is 1. The van der Waals surface area contributed by atoms with Gasteiger partial charge >= 0.3 is 0 Å². The Kier molecular flexibility index (Phi) is 5.98. The van der Waals surface area contributed by atoms with Gasteiger partial charge in [-0.1, -0.05) is 41.4 Å². The number of rotatable bonds is 4. The lowest BCUT2D eigenvalue weighted by atomic mass is 10.1. The molecule has 0 saturated carbocycles. The fourth-order valence-corrected chi connectivity index (χ4v) is 3.39. The minimum atomic E-state index is -0.409. The summed E-state index contributed by atoms with van der Waals surface area (Å²) in [6.45, 7) is 3.79. The van der Waals surface area contributed by atoms with Gasteiger partial charge in [-0.25, -0.2) is 0 Å². The van der Waals surface area contributed by atoms with Crippen molar-refractivity contribution in [3.05, 3.63) is 69.1 Å². The summed E-state index contributed by atoms with van der Waals surface area (Å²) in [6, 6.07) is 13.3. The molecule has 1 heterocycles. The minimum Gasteiger partial charge on any atom is -0.488 e. The molecule has 2 aromatic carbocycles. The van der Waals surface area contributed by atoms with Crippen molar-refractivity contribution in [2.45, 2.75) is 20.5 Å². The van der Waals surface area contributed by atoms with Crippen molar-refractivity contribution in [1.82, 2.24) is 5.32 Å². The first kappa shape index (κ1) is 19.2. The van der Waals surface area contributed by atoms with Crippen LogP contribution >= 0.6 is 23.4 Å². The van der Waals surface area contributed by atoms with E-state index in [1.807, 2.05) is 31.2 Å². The third-order valence-electron chi connectivity index (χ3n) is 3.68. The third-order valence-corrected chi connectivity index (χ3v) is 4.81. The summed E-state index contributed by atoms with van der Waals surface area (Å²) in [5.74, 6) is -0.0813. The second kappa shape index (κ2) is 8.41. The van der Waals surface area contributed by atoms with Gasteiger partial charge in [-0.3, -0.25) is 9.59 Å². The molecule has 7 heteroatoms. The fourth-order valence-electron chi connectivity index (χ4n) is 2.36. The molecule has 3 rings (SSSR count). The van der Waals surface area contributed by atoms with Gasteiger partial charge in [0.1, 0.15) is 12.4 Å². The van der Waals surface area contributed by atoms with Crippen molar-refractivity contribution in [3.8, 4) is 5.75 Å². The SMILES string of the molecule is CC(=O)NC1=NC(=O)C(=Cc2cc(Cl)ccc2OCc2ccc(C)cc2)S1. The number of hydrogen-bond acceptors (Lipinski definition) is 4. The minimum absolute atomic E-state index is 0.267. The van der Waals surface area contributed by atoms with Crippen molar-refractivity contribution >= 4 is 46.4 Å². The van der Waals surface area contributed by atoms with E-state index in [-0.39, 0.29) is 11.1 Å². The normalized spacial score (nSPS) is 15.0. The zero-order valence-electron chi connectivity index (χ0n) is 14.8. The van der Waals surface area contributed by atoms with Gasteiger partial charge in [0, 0.05) is 17.5 Å². The van der Waals surface area contributed by atoms with E-state index in [0.29, 0.717) is 27.8 Å². The standard InChI is InChI=1S/C20H17ClN2O3S/c1-12-3-5-14(6-4-12)11-26-17-8-7-16(21)9-15(17)10-18-19(25)23-20(27-18)22-13(2)24/h3-10H,11H2,1-2H3,(H,22,23,24,25). The summed E-state index contributed by atoms with van der Waals surface area (Å²) in [6.07, 6.45) is 1.67. The lowest BCUT2D eigenvalue weighted by Gasteiger charge is -2.10. The summed E-state index contributed by atoms with van der Waals surface area (Å²) >= 11 is 7.21. The van der Waals surface area contributed by atoms with Crippen molar-refractivity contribution in [2.75, 3.05) is 0 Å². The number of amidine groups is 1. The van der Waals surface area contributed by atoms with Crippen LogP contribution in [0.25, 0.3) is 6.08 Å². The van der Waals surface area contributed by atoms with Crippen LogP contribution in [-0.4, -0.2) is 17.0 Å². The monoisotopic (exact) mass is 400 g/mol. The molecule has 0 spiro atoms. The lowest BCUT2D eigenvalue weighted by molar-refractivity contribution is -0.117. The van der Waals surface area contributed by atoms with Gasteiger partial charge in [0.05, 0.1) is 4.91 Å². The fraction of sp³-hybridized carbons (Fsp3) is 0.150. The lowest BCUT2D eigenvalue weighted by Crippen LogP contribution is -2.23. The van der Waals surface area contributed by atoms with E-state index in [1.165, 1.54) is 12.5 Å². The Balaban J connectivity index is 1.79. The highest BCUT2D eigenvalue weighted by Crippen LogP contribution is 2.32. The molecule has 5 nitrogen and oxygen atoms in total. The number of halogens is 1. The van der Waals surface area contributed by atoms with E-state index in [2.05, 4.69) is 10.3 Å². The number of amides is 2. The molecule has 0 aliphatic carbocycles. The van der Waals surface area contributed by atoms with Crippen LogP contribution in [0.15, 0.2) is 52.4 Å². The average Bonchev–Trinajstić information content (AvgIpc) is 2.94. The van der Waals surface area contributed by atoms with E-state index in [0.717, 1.165) is 17.3 Å². The van der Waals surface area contributed by atoms with Gasteiger partial charge in [0.2, 0.25) is 5.91 Å². The molecular formula is C20H17ClN2O3S. The van der Waals surface area contributed by atoms with Crippen LogP contribution in [0, 0.1) is 6.92 Å². The second-order valence-electron chi connectivity index (χ2n) is 5.97. The highest BCUT2D eigenvalue weighted by atomic mass is 35.5. The van der Waals surface area contributed by atoms with Crippen molar-refractivity contribution < 1.29 is 14.3 Å². The predicted molar refractivity (Wildman–Crippen MR) is 109 cm³/mol. The molecule has 0 unspecified atom stereocenters. The van der Waals surface area contributed by atoms with Gasteiger partial charge < -0.3 is 10.1 Å². The molecular weight excluding hydrogens is 384 g/mol. The van der Waals surface area contributed by atoms with Crippen molar-refractivity contribution in [3.63, 3.8) is 0 Å². The smallest absolute Gasteiger partial charge is 0.286 e. The first-order chi connectivity index (χ1) is 12.9. The Labute approximate surface area is 166 Å². The topological polar surface area (TPSA) is 67.8 Å². The van der Waals surface area contributed by atoms with Crippen molar-refractivity contribution in [2.24, 2.45) is 4.99 Å². The number of ether oxygens (including phenoxy) is 1.